The van der Waals surface area contributed by atoms with E-state index in [0.717, 1.165) is 0 Å². The number of carbonyl (C=O) groups excluding carboxylic acids is 2. The fraction of sp³-hybridized carbons (Fsp3) is 0.312. The normalized spacial score (nSPS) is 21.0. The van der Waals surface area contributed by atoms with E-state index < -0.39 is 23.9 Å². The van der Waals surface area contributed by atoms with Crippen molar-refractivity contribution in [3.63, 3.8) is 0 Å². The van der Waals surface area contributed by atoms with Crippen molar-refractivity contribution in [3.8, 4) is 0 Å². The first-order valence-electron chi connectivity index (χ1n) is 7.38. The number of rotatable bonds is 3. The van der Waals surface area contributed by atoms with E-state index in [1.165, 1.54) is 29.3 Å². The Balaban J connectivity index is 1.88. The number of nitrogens with zero attached hydrogens (tertiary/aromatic N) is 3. The van der Waals surface area contributed by atoms with Gasteiger partial charge >= 0.3 is 0 Å². The van der Waals surface area contributed by atoms with Gasteiger partial charge in [-0.2, -0.15) is 5.10 Å². The minimum Gasteiger partial charge on any atom is -0.356 e. The molecule has 2 atom stereocenters. The number of amides is 2. The molecule has 1 aromatic heterocycles. The second-order valence-corrected chi connectivity index (χ2v) is 5.63. The summed E-state index contributed by atoms with van der Waals surface area (Å²) in [4.78, 5) is 26.0. The summed E-state index contributed by atoms with van der Waals surface area (Å²) in [7, 11) is 3.31. The van der Waals surface area contributed by atoms with Gasteiger partial charge in [0.2, 0.25) is 5.91 Å². The summed E-state index contributed by atoms with van der Waals surface area (Å²) in [6, 6.07) is 5.09. The quantitative estimate of drug-likeness (QED) is 0.913. The molecule has 126 valence electrons. The van der Waals surface area contributed by atoms with Gasteiger partial charge in [-0.25, -0.2) is 4.39 Å². The van der Waals surface area contributed by atoms with Crippen LogP contribution in [0.1, 0.15) is 11.6 Å². The highest BCUT2D eigenvalue weighted by Gasteiger charge is 2.40. The average molecular weight is 332 g/mol. The van der Waals surface area contributed by atoms with E-state index in [-0.39, 0.29) is 12.5 Å². The van der Waals surface area contributed by atoms with Crippen LogP contribution < -0.4 is 5.32 Å². The lowest BCUT2D eigenvalue weighted by atomic mass is 9.97. The van der Waals surface area contributed by atoms with Crippen molar-refractivity contribution in [2.24, 2.45) is 7.05 Å². The minimum absolute atomic E-state index is 0.201. The molecule has 1 N–H and O–H groups in total. The van der Waals surface area contributed by atoms with Gasteiger partial charge in [-0.15, -0.1) is 0 Å². The Labute approximate surface area is 138 Å². The number of halogens is 1. The molecule has 2 unspecified atom stereocenters. The first-order chi connectivity index (χ1) is 11.5. The van der Waals surface area contributed by atoms with Gasteiger partial charge in [-0.3, -0.25) is 14.3 Å². The molecule has 2 aromatic rings. The highest BCUT2D eigenvalue weighted by Crippen LogP contribution is 2.30. The number of ether oxygens (including phenoxy) is 1. The van der Waals surface area contributed by atoms with Gasteiger partial charge in [-0.1, -0.05) is 12.1 Å². The Bertz CT molecular complexity index is 776. The lowest BCUT2D eigenvalue weighted by Crippen LogP contribution is -2.51. The molecule has 1 aliphatic rings. The Morgan fingerprint density at radius 3 is 2.88 bits per heavy atom. The fourth-order valence-electron chi connectivity index (χ4n) is 2.72. The lowest BCUT2D eigenvalue weighted by molar-refractivity contribution is -0.160. The first-order valence-corrected chi connectivity index (χ1v) is 7.38. The number of hydrogen-bond acceptors (Lipinski definition) is 4. The molecular formula is C16H17FN4O3. The van der Waals surface area contributed by atoms with Crippen LogP contribution in [0, 0.1) is 5.82 Å². The number of hydrogen-bond donors (Lipinski definition) is 1. The van der Waals surface area contributed by atoms with Gasteiger partial charge in [0, 0.05) is 20.3 Å². The maximum atomic E-state index is 13.6. The third-order valence-corrected chi connectivity index (χ3v) is 3.90. The highest BCUT2D eigenvalue weighted by molar-refractivity contribution is 5.96. The van der Waals surface area contributed by atoms with Crippen LogP contribution in [0.4, 0.5) is 10.1 Å². The molecule has 0 saturated carbocycles. The predicted molar refractivity (Wildman–Crippen MR) is 83.5 cm³/mol. The number of likely N-dealkylation sites (N-methyl/N-ethyl adjacent to an activating group) is 1. The second-order valence-electron chi connectivity index (χ2n) is 5.63. The summed E-state index contributed by atoms with van der Waals surface area (Å²) in [6.07, 6.45) is 2.20. The van der Waals surface area contributed by atoms with E-state index in [0.29, 0.717) is 11.3 Å². The van der Waals surface area contributed by atoms with E-state index in [9.17, 15) is 14.0 Å². The molecule has 8 heteroatoms. The molecule has 1 saturated heterocycles. The van der Waals surface area contributed by atoms with E-state index in [2.05, 4.69) is 10.4 Å². The fourth-order valence-corrected chi connectivity index (χ4v) is 2.72. The average Bonchev–Trinajstić information content (AvgIpc) is 2.94. The SMILES string of the molecule is CN1C(=O)COC(C(=O)Nc2cnn(C)c2)C1c1cccc(F)c1. The summed E-state index contributed by atoms with van der Waals surface area (Å²) >= 11 is 0. The van der Waals surface area contributed by atoms with Crippen LogP contribution in [-0.4, -0.2) is 46.3 Å². The van der Waals surface area contributed by atoms with Crippen LogP contribution in [0.2, 0.25) is 0 Å². The number of aryl methyl sites for hydroxylation is 1. The van der Waals surface area contributed by atoms with E-state index in [4.69, 9.17) is 4.74 Å². The Morgan fingerprint density at radius 2 is 2.21 bits per heavy atom. The van der Waals surface area contributed by atoms with Crippen LogP contribution in [-0.2, 0) is 21.4 Å². The standard InChI is InChI=1S/C16H17FN4O3/c1-20-8-12(7-18-20)19-16(23)15-14(21(2)13(22)9-24-15)10-4-3-5-11(17)6-10/h3-8,14-15H,9H2,1-2H3,(H,19,23). The van der Waals surface area contributed by atoms with Crippen LogP contribution in [0.5, 0.6) is 0 Å². The third kappa shape index (κ3) is 3.13. The summed E-state index contributed by atoms with van der Waals surface area (Å²) in [6.45, 7) is -0.201. The van der Waals surface area contributed by atoms with Crippen LogP contribution in [0.3, 0.4) is 0 Å². The van der Waals surface area contributed by atoms with Crippen molar-refractivity contribution in [2.75, 3.05) is 19.0 Å². The van der Waals surface area contributed by atoms with Gasteiger partial charge in [0.15, 0.2) is 6.10 Å². The Kier molecular flexibility index (Phi) is 4.30. The molecule has 2 amide bonds. The summed E-state index contributed by atoms with van der Waals surface area (Å²) < 4.78 is 20.6. The summed E-state index contributed by atoms with van der Waals surface area (Å²) in [5, 5.41) is 6.68. The number of aromatic nitrogens is 2. The lowest BCUT2D eigenvalue weighted by Gasteiger charge is -2.38. The highest BCUT2D eigenvalue weighted by atomic mass is 19.1. The van der Waals surface area contributed by atoms with Crippen molar-refractivity contribution in [3.05, 3.63) is 48.0 Å². The molecule has 1 aromatic carbocycles. The van der Waals surface area contributed by atoms with Gasteiger partial charge in [0.25, 0.3) is 5.91 Å². The van der Waals surface area contributed by atoms with Crippen LogP contribution in [0.15, 0.2) is 36.7 Å². The molecule has 0 aliphatic carbocycles. The molecular weight excluding hydrogens is 315 g/mol. The number of benzene rings is 1. The zero-order chi connectivity index (χ0) is 17.3. The predicted octanol–water partition coefficient (Wildman–Crippen LogP) is 1.10. The molecule has 0 radical (unpaired) electrons. The second kappa shape index (κ2) is 6.40. The first kappa shape index (κ1) is 16.1. The molecule has 3 rings (SSSR count). The van der Waals surface area contributed by atoms with E-state index >= 15 is 0 Å². The van der Waals surface area contributed by atoms with Crippen molar-refractivity contribution in [1.29, 1.82) is 0 Å². The Morgan fingerprint density at radius 1 is 1.42 bits per heavy atom. The van der Waals surface area contributed by atoms with Crippen molar-refractivity contribution in [2.45, 2.75) is 12.1 Å². The zero-order valence-corrected chi connectivity index (χ0v) is 13.3. The molecule has 1 aliphatic heterocycles. The smallest absolute Gasteiger partial charge is 0.256 e. The molecule has 7 nitrogen and oxygen atoms in total. The Hall–Kier alpha value is -2.74. The topological polar surface area (TPSA) is 76.5 Å². The monoisotopic (exact) mass is 332 g/mol. The molecule has 1 fully saturated rings. The van der Waals surface area contributed by atoms with Crippen molar-refractivity contribution >= 4 is 17.5 Å². The molecule has 24 heavy (non-hydrogen) atoms. The molecule has 0 spiro atoms. The van der Waals surface area contributed by atoms with E-state index in [1.807, 2.05) is 0 Å². The number of nitrogens with one attached hydrogen (secondary N) is 1. The third-order valence-electron chi connectivity index (χ3n) is 3.90. The number of morpholine rings is 1. The van der Waals surface area contributed by atoms with Gasteiger partial charge in [0.05, 0.1) is 17.9 Å². The van der Waals surface area contributed by atoms with Crippen LogP contribution in [0.25, 0.3) is 0 Å². The zero-order valence-electron chi connectivity index (χ0n) is 13.3. The molecule has 2 heterocycles. The minimum atomic E-state index is -0.949. The largest absolute Gasteiger partial charge is 0.356 e. The number of anilines is 1. The van der Waals surface area contributed by atoms with Crippen molar-refractivity contribution in [1.82, 2.24) is 14.7 Å². The summed E-state index contributed by atoms with van der Waals surface area (Å²) in [5.74, 6) is -1.13. The molecule has 0 bridgehead atoms. The summed E-state index contributed by atoms with van der Waals surface area (Å²) in [5.41, 5.74) is 1.01. The van der Waals surface area contributed by atoms with Gasteiger partial charge < -0.3 is 15.0 Å². The van der Waals surface area contributed by atoms with Gasteiger partial charge in [-0.05, 0) is 17.7 Å². The number of carbonyl (C=O) groups is 2. The maximum absolute atomic E-state index is 13.6. The van der Waals surface area contributed by atoms with Crippen molar-refractivity contribution < 1.29 is 18.7 Å². The van der Waals surface area contributed by atoms with Crippen LogP contribution >= 0.6 is 0 Å². The van der Waals surface area contributed by atoms with Gasteiger partial charge in [0.1, 0.15) is 12.4 Å². The maximum Gasteiger partial charge on any atom is 0.256 e. The van der Waals surface area contributed by atoms with E-state index in [1.54, 1.807) is 31.0 Å².